The number of rotatable bonds is 5. The number of nitrogens with one attached hydrogen (secondary N) is 1. The Hall–Kier alpha value is -1.86. The number of aliphatic carboxylic acids is 1. The highest BCUT2D eigenvalue weighted by Gasteiger charge is 2.41. The van der Waals surface area contributed by atoms with Crippen molar-refractivity contribution in [2.24, 2.45) is 0 Å². The molecule has 7 heteroatoms. The maximum absolute atomic E-state index is 12.7. The smallest absolute Gasteiger partial charge is 0.329 e. The summed E-state index contributed by atoms with van der Waals surface area (Å²) in [4.78, 5) is 29.4. The van der Waals surface area contributed by atoms with Crippen LogP contribution in [0.15, 0.2) is 30.3 Å². The molecule has 0 unspecified atom stereocenters. The van der Waals surface area contributed by atoms with Crippen LogP contribution in [0.4, 0.5) is 0 Å². The second-order valence-electron chi connectivity index (χ2n) is 6.14. The molecular weight excluding hydrogens is 356 g/mol. The highest BCUT2D eigenvalue weighted by molar-refractivity contribution is 7.99. The largest absolute Gasteiger partial charge is 0.480 e. The minimum Gasteiger partial charge on any atom is -0.480 e. The van der Waals surface area contributed by atoms with Crippen molar-refractivity contribution < 1.29 is 14.7 Å². The Labute approximate surface area is 154 Å². The summed E-state index contributed by atoms with van der Waals surface area (Å²) >= 11 is 3.06. The summed E-state index contributed by atoms with van der Waals surface area (Å²) in [5.74, 6) is 0.206. The number of hydrogen-bond acceptors (Lipinski definition) is 5. The first-order valence-corrected chi connectivity index (χ1v) is 10.1. The standard InChI is InChI=1S/C18H20N2O3S2/c1-12-15(25-14(19-12)11-13-5-3-2-4-6-13)16(21)20-18(17(22)23)7-9-24-10-8-18/h2-6H,7-11H2,1H3,(H,20,21)(H,22,23). The molecule has 1 aromatic carbocycles. The average Bonchev–Trinajstić information content (AvgIpc) is 2.97. The van der Waals surface area contributed by atoms with Crippen LogP contribution >= 0.6 is 23.1 Å². The van der Waals surface area contributed by atoms with Crippen LogP contribution in [0.3, 0.4) is 0 Å². The number of amides is 1. The molecule has 1 aromatic heterocycles. The van der Waals surface area contributed by atoms with Crippen LogP contribution < -0.4 is 5.32 Å². The van der Waals surface area contributed by atoms with Crippen LogP contribution in [0.1, 0.15) is 38.8 Å². The van der Waals surface area contributed by atoms with E-state index in [0.717, 1.165) is 22.1 Å². The van der Waals surface area contributed by atoms with Gasteiger partial charge in [0.25, 0.3) is 5.91 Å². The molecule has 0 atom stereocenters. The van der Waals surface area contributed by atoms with Gasteiger partial charge in [0.15, 0.2) is 0 Å². The van der Waals surface area contributed by atoms with Gasteiger partial charge in [-0.05, 0) is 36.8 Å². The van der Waals surface area contributed by atoms with Crippen LogP contribution in [0, 0.1) is 6.92 Å². The lowest BCUT2D eigenvalue weighted by Gasteiger charge is -2.33. The van der Waals surface area contributed by atoms with Crippen molar-refractivity contribution in [1.29, 1.82) is 0 Å². The summed E-state index contributed by atoms with van der Waals surface area (Å²) in [6, 6.07) is 9.96. The van der Waals surface area contributed by atoms with E-state index >= 15 is 0 Å². The van der Waals surface area contributed by atoms with Crippen molar-refractivity contribution in [3.05, 3.63) is 51.5 Å². The summed E-state index contributed by atoms with van der Waals surface area (Å²) in [7, 11) is 0. The molecule has 132 valence electrons. The number of benzene rings is 1. The maximum Gasteiger partial charge on any atom is 0.329 e. The van der Waals surface area contributed by atoms with Crippen molar-refractivity contribution in [3.63, 3.8) is 0 Å². The number of aromatic nitrogens is 1. The Morgan fingerprint density at radius 1 is 1.24 bits per heavy atom. The minimum absolute atomic E-state index is 0.330. The lowest BCUT2D eigenvalue weighted by molar-refractivity contribution is -0.144. The predicted octanol–water partition coefficient (Wildman–Crippen LogP) is 3.12. The Kier molecular flexibility index (Phi) is 5.44. The molecule has 1 amide bonds. The van der Waals surface area contributed by atoms with Crippen LogP contribution in [0.25, 0.3) is 0 Å². The van der Waals surface area contributed by atoms with Crippen molar-refractivity contribution in [2.45, 2.75) is 31.7 Å². The van der Waals surface area contributed by atoms with Gasteiger partial charge in [-0.25, -0.2) is 9.78 Å². The van der Waals surface area contributed by atoms with E-state index in [1.807, 2.05) is 30.3 Å². The number of nitrogens with zero attached hydrogens (tertiary/aromatic N) is 1. The zero-order chi connectivity index (χ0) is 17.9. The fraction of sp³-hybridized carbons (Fsp3) is 0.389. The third-order valence-electron chi connectivity index (χ3n) is 4.35. The summed E-state index contributed by atoms with van der Waals surface area (Å²) in [6.45, 7) is 1.80. The molecule has 1 aliphatic heterocycles. The number of carboxylic acid groups (broad SMARTS) is 1. The summed E-state index contributed by atoms with van der Waals surface area (Å²) in [5, 5.41) is 13.3. The van der Waals surface area contributed by atoms with Gasteiger partial charge in [-0.15, -0.1) is 11.3 Å². The number of hydrogen-bond donors (Lipinski definition) is 2. The predicted molar refractivity (Wildman–Crippen MR) is 100 cm³/mol. The van der Waals surface area contributed by atoms with Gasteiger partial charge < -0.3 is 10.4 Å². The zero-order valence-corrected chi connectivity index (χ0v) is 15.6. The van der Waals surface area contributed by atoms with Crippen LogP contribution in [-0.2, 0) is 11.2 Å². The van der Waals surface area contributed by atoms with E-state index in [1.54, 1.807) is 18.7 Å². The van der Waals surface area contributed by atoms with E-state index in [1.165, 1.54) is 11.3 Å². The summed E-state index contributed by atoms with van der Waals surface area (Å²) in [6.07, 6.45) is 1.57. The van der Waals surface area contributed by atoms with Crippen LogP contribution in [0.5, 0.6) is 0 Å². The first-order chi connectivity index (χ1) is 12.0. The zero-order valence-electron chi connectivity index (χ0n) is 13.9. The van der Waals surface area contributed by atoms with Crippen molar-refractivity contribution in [3.8, 4) is 0 Å². The first-order valence-electron chi connectivity index (χ1n) is 8.14. The molecule has 25 heavy (non-hydrogen) atoms. The van der Waals surface area contributed by atoms with Crippen molar-refractivity contribution in [2.75, 3.05) is 11.5 Å². The molecule has 0 bridgehead atoms. The Bertz CT molecular complexity index is 768. The van der Waals surface area contributed by atoms with Gasteiger partial charge in [0.2, 0.25) is 0 Å². The normalized spacial score (nSPS) is 16.4. The molecule has 1 fully saturated rings. The number of carboxylic acids is 1. The molecule has 0 radical (unpaired) electrons. The van der Waals surface area contributed by atoms with Gasteiger partial charge in [-0.1, -0.05) is 30.3 Å². The van der Waals surface area contributed by atoms with Gasteiger partial charge in [-0.3, -0.25) is 4.79 Å². The summed E-state index contributed by atoms with van der Waals surface area (Å²) in [5.41, 5.74) is 0.631. The second-order valence-corrected chi connectivity index (χ2v) is 8.45. The monoisotopic (exact) mass is 376 g/mol. The quantitative estimate of drug-likeness (QED) is 0.838. The van der Waals surface area contributed by atoms with Gasteiger partial charge in [0, 0.05) is 6.42 Å². The molecular formula is C18H20N2O3S2. The number of thioether (sulfide) groups is 1. The average molecular weight is 377 g/mol. The van der Waals surface area contributed by atoms with Crippen LogP contribution in [0.2, 0.25) is 0 Å². The maximum atomic E-state index is 12.7. The molecule has 1 aliphatic rings. The van der Waals surface area contributed by atoms with Crippen molar-refractivity contribution >= 4 is 35.0 Å². The molecule has 1 saturated heterocycles. The highest BCUT2D eigenvalue weighted by atomic mass is 32.2. The number of thiazole rings is 1. The third kappa shape index (κ3) is 4.04. The number of carbonyl (C=O) groups excluding carboxylic acids is 1. The SMILES string of the molecule is Cc1nc(Cc2ccccc2)sc1C(=O)NC1(C(=O)O)CCSCC1. The first kappa shape index (κ1) is 17.9. The minimum atomic E-state index is -1.15. The van der Waals surface area contributed by atoms with E-state index in [9.17, 15) is 14.7 Å². The Morgan fingerprint density at radius 3 is 2.56 bits per heavy atom. The van der Waals surface area contributed by atoms with E-state index in [-0.39, 0.29) is 5.91 Å². The fourth-order valence-electron chi connectivity index (χ4n) is 2.90. The molecule has 3 rings (SSSR count). The second kappa shape index (κ2) is 7.58. The third-order valence-corrected chi connectivity index (χ3v) is 6.50. The van der Waals surface area contributed by atoms with E-state index in [0.29, 0.717) is 29.8 Å². The van der Waals surface area contributed by atoms with Gasteiger partial charge >= 0.3 is 5.97 Å². The fourth-order valence-corrected chi connectivity index (χ4v) is 5.08. The molecule has 2 heterocycles. The van der Waals surface area contributed by atoms with Gasteiger partial charge in [-0.2, -0.15) is 11.8 Å². The highest BCUT2D eigenvalue weighted by Crippen LogP contribution is 2.29. The lowest BCUT2D eigenvalue weighted by atomic mass is 9.92. The molecule has 0 spiro atoms. The Morgan fingerprint density at radius 2 is 1.92 bits per heavy atom. The topological polar surface area (TPSA) is 79.3 Å². The van der Waals surface area contributed by atoms with Crippen LogP contribution in [-0.4, -0.2) is 39.0 Å². The number of aryl methyl sites for hydroxylation is 1. The Balaban J connectivity index is 1.77. The number of carbonyl (C=O) groups is 2. The van der Waals surface area contributed by atoms with E-state index < -0.39 is 11.5 Å². The van der Waals surface area contributed by atoms with E-state index in [2.05, 4.69) is 10.3 Å². The molecule has 0 aliphatic carbocycles. The summed E-state index contributed by atoms with van der Waals surface area (Å²) < 4.78 is 0. The molecule has 0 saturated carbocycles. The molecule has 5 nitrogen and oxygen atoms in total. The lowest BCUT2D eigenvalue weighted by Crippen LogP contribution is -2.56. The van der Waals surface area contributed by atoms with E-state index in [4.69, 9.17) is 0 Å². The molecule has 2 aromatic rings. The van der Waals surface area contributed by atoms with Gasteiger partial charge in [0.1, 0.15) is 10.4 Å². The van der Waals surface area contributed by atoms with Gasteiger partial charge in [0.05, 0.1) is 10.7 Å². The molecule has 2 N–H and O–H groups in total. The van der Waals surface area contributed by atoms with Crippen molar-refractivity contribution in [1.82, 2.24) is 10.3 Å².